The van der Waals surface area contributed by atoms with Gasteiger partial charge in [0.1, 0.15) is 0 Å². The number of rotatable bonds is 2. The fourth-order valence-electron chi connectivity index (χ4n) is 3.85. The maximum absolute atomic E-state index is 13.2. The first kappa shape index (κ1) is 17.5. The molecule has 2 bridgehead atoms. The minimum atomic E-state index is -4.84. The molecule has 2 aliphatic heterocycles. The Morgan fingerprint density at radius 1 is 0.958 bits per heavy atom. The number of piperidine rings is 1. The molecular formula is C16H17F6NO. The van der Waals surface area contributed by atoms with Gasteiger partial charge in [-0.3, -0.25) is 4.90 Å². The number of benzene rings is 1. The quantitative estimate of drug-likeness (QED) is 0.805. The van der Waals surface area contributed by atoms with E-state index in [4.69, 9.17) is 0 Å². The first-order chi connectivity index (χ1) is 11.1. The lowest BCUT2D eigenvalue weighted by Crippen LogP contribution is -2.44. The summed E-state index contributed by atoms with van der Waals surface area (Å²) in [6.07, 6.45) is -7.52. The van der Waals surface area contributed by atoms with Crippen molar-refractivity contribution in [3.05, 3.63) is 34.9 Å². The third kappa shape index (κ3) is 3.39. The molecule has 1 N–H and O–H groups in total. The van der Waals surface area contributed by atoms with Gasteiger partial charge in [-0.25, -0.2) is 0 Å². The largest absolute Gasteiger partial charge is 0.416 e. The second-order valence-corrected chi connectivity index (χ2v) is 6.55. The molecule has 0 aromatic heterocycles. The van der Waals surface area contributed by atoms with Gasteiger partial charge in [0.05, 0.1) is 17.2 Å². The van der Waals surface area contributed by atoms with Crippen molar-refractivity contribution >= 4 is 0 Å². The minimum Gasteiger partial charge on any atom is -0.393 e. The number of nitrogens with zero attached hydrogens (tertiary/aromatic N) is 1. The van der Waals surface area contributed by atoms with Gasteiger partial charge in [-0.05, 0) is 43.4 Å². The number of halogens is 6. The first-order valence-corrected chi connectivity index (χ1v) is 7.77. The summed E-state index contributed by atoms with van der Waals surface area (Å²) >= 11 is 0. The van der Waals surface area contributed by atoms with E-state index in [1.54, 1.807) is 0 Å². The van der Waals surface area contributed by atoms with E-state index in [-0.39, 0.29) is 30.3 Å². The smallest absolute Gasteiger partial charge is 0.393 e. The van der Waals surface area contributed by atoms with Crippen molar-refractivity contribution in [2.24, 2.45) is 0 Å². The van der Waals surface area contributed by atoms with Crippen molar-refractivity contribution in [1.82, 2.24) is 4.90 Å². The van der Waals surface area contributed by atoms with E-state index in [9.17, 15) is 31.4 Å². The molecule has 1 aromatic rings. The van der Waals surface area contributed by atoms with Crippen LogP contribution < -0.4 is 0 Å². The summed E-state index contributed by atoms with van der Waals surface area (Å²) < 4.78 is 77.8. The molecule has 134 valence electrons. The predicted molar refractivity (Wildman–Crippen MR) is 74.0 cm³/mol. The Morgan fingerprint density at radius 2 is 1.54 bits per heavy atom. The van der Waals surface area contributed by atoms with E-state index in [1.165, 1.54) is 0 Å². The van der Waals surface area contributed by atoms with Crippen molar-refractivity contribution in [1.29, 1.82) is 0 Å². The molecule has 0 saturated carbocycles. The molecular weight excluding hydrogens is 336 g/mol. The van der Waals surface area contributed by atoms with Crippen LogP contribution in [0.5, 0.6) is 0 Å². The van der Waals surface area contributed by atoms with E-state index in [1.807, 2.05) is 4.90 Å². The fraction of sp³-hybridized carbons (Fsp3) is 0.625. The van der Waals surface area contributed by atoms with Crippen LogP contribution in [-0.2, 0) is 18.9 Å². The summed E-state index contributed by atoms with van der Waals surface area (Å²) in [6, 6.07) is 1.79. The van der Waals surface area contributed by atoms with Crippen LogP contribution in [0, 0.1) is 0 Å². The lowest BCUT2D eigenvalue weighted by atomic mass is 9.97. The van der Waals surface area contributed by atoms with E-state index < -0.39 is 29.6 Å². The molecule has 2 nitrogen and oxygen atoms in total. The molecule has 0 unspecified atom stereocenters. The van der Waals surface area contributed by atoms with Crippen LogP contribution in [0.1, 0.15) is 42.4 Å². The summed E-state index contributed by atoms with van der Waals surface area (Å²) in [6.45, 7) is -0.0466. The SMILES string of the molecule is O[C@@H]1C[C@H]2CC[C@@H](C1)N2Cc1ccc(C(F)(F)F)cc1C(F)(F)F. The third-order valence-electron chi connectivity index (χ3n) is 4.95. The highest BCUT2D eigenvalue weighted by Gasteiger charge is 2.42. The van der Waals surface area contributed by atoms with Gasteiger partial charge in [0.25, 0.3) is 0 Å². The maximum Gasteiger partial charge on any atom is 0.416 e. The molecule has 2 fully saturated rings. The van der Waals surface area contributed by atoms with Gasteiger partial charge in [0, 0.05) is 18.6 Å². The summed E-state index contributed by atoms with van der Waals surface area (Å²) in [7, 11) is 0. The highest BCUT2D eigenvalue weighted by atomic mass is 19.4. The van der Waals surface area contributed by atoms with Crippen LogP contribution in [0.4, 0.5) is 26.3 Å². The standard InChI is InChI=1S/C16H17F6NO/c17-15(18,19)10-2-1-9(14(5-10)16(20,21)22)8-23-11-3-4-12(23)7-13(24)6-11/h1-2,5,11-13,24H,3-4,6-8H2/t11-,12+,13-. The number of hydrogen-bond acceptors (Lipinski definition) is 2. The van der Waals surface area contributed by atoms with Gasteiger partial charge >= 0.3 is 12.4 Å². The second-order valence-electron chi connectivity index (χ2n) is 6.55. The summed E-state index contributed by atoms with van der Waals surface area (Å²) in [5.41, 5.74) is -2.68. The number of aliphatic hydroxyl groups is 1. The zero-order chi connectivity index (χ0) is 17.7. The third-order valence-corrected chi connectivity index (χ3v) is 4.95. The number of alkyl halides is 6. The van der Waals surface area contributed by atoms with Crippen molar-refractivity contribution in [3.8, 4) is 0 Å². The minimum absolute atomic E-state index is 0.0119. The van der Waals surface area contributed by atoms with Gasteiger partial charge in [-0.2, -0.15) is 26.3 Å². The van der Waals surface area contributed by atoms with E-state index >= 15 is 0 Å². The molecule has 2 heterocycles. The Hall–Kier alpha value is -1.28. The average Bonchev–Trinajstić information content (AvgIpc) is 2.68. The van der Waals surface area contributed by atoms with Crippen LogP contribution in [0.2, 0.25) is 0 Å². The number of fused-ring (bicyclic) bond motifs is 2. The summed E-state index contributed by atoms with van der Waals surface area (Å²) in [5, 5.41) is 9.75. The van der Waals surface area contributed by atoms with Gasteiger partial charge < -0.3 is 5.11 Å². The van der Waals surface area contributed by atoms with Crippen molar-refractivity contribution in [2.75, 3.05) is 0 Å². The van der Waals surface area contributed by atoms with Crippen LogP contribution in [0.3, 0.4) is 0 Å². The average molecular weight is 353 g/mol. The van der Waals surface area contributed by atoms with Gasteiger partial charge in [-0.15, -0.1) is 0 Å². The Morgan fingerprint density at radius 3 is 2.04 bits per heavy atom. The fourth-order valence-corrected chi connectivity index (χ4v) is 3.85. The highest BCUT2D eigenvalue weighted by Crippen LogP contribution is 2.41. The van der Waals surface area contributed by atoms with Gasteiger partial charge in [-0.1, -0.05) is 6.07 Å². The molecule has 2 saturated heterocycles. The normalized spacial score (nSPS) is 28.4. The molecule has 0 spiro atoms. The molecule has 24 heavy (non-hydrogen) atoms. The zero-order valence-corrected chi connectivity index (χ0v) is 12.7. The molecule has 8 heteroatoms. The van der Waals surface area contributed by atoms with E-state index in [2.05, 4.69) is 0 Å². The predicted octanol–water partition coefficient (Wildman–Crippen LogP) is 4.21. The molecule has 3 rings (SSSR count). The van der Waals surface area contributed by atoms with Crippen molar-refractivity contribution in [3.63, 3.8) is 0 Å². The van der Waals surface area contributed by atoms with Crippen LogP contribution in [0.25, 0.3) is 0 Å². The summed E-state index contributed by atoms with van der Waals surface area (Å²) in [4.78, 5) is 1.89. The topological polar surface area (TPSA) is 23.5 Å². The Labute approximate surface area is 135 Å². The maximum atomic E-state index is 13.2. The summed E-state index contributed by atoms with van der Waals surface area (Å²) in [5.74, 6) is 0. The Balaban J connectivity index is 1.91. The highest BCUT2D eigenvalue weighted by molar-refractivity contribution is 5.35. The number of aliphatic hydroxyl groups excluding tert-OH is 1. The molecule has 0 aliphatic carbocycles. The lowest BCUT2D eigenvalue weighted by molar-refractivity contribution is -0.143. The lowest BCUT2D eigenvalue weighted by Gasteiger charge is -2.37. The van der Waals surface area contributed by atoms with Crippen LogP contribution in [-0.4, -0.2) is 28.2 Å². The molecule has 1 aromatic carbocycles. The van der Waals surface area contributed by atoms with Crippen LogP contribution >= 0.6 is 0 Å². The second kappa shape index (κ2) is 5.91. The van der Waals surface area contributed by atoms with Crippen LogP contribution in [0.15, 0.2) is 18.2 Å². The van der Waals surface area contributed by atoms with Gasteiger partial charge in [0.2, 0.25) is 0 Å². The van der Waals surface area contributed by atoms with Crippen molar-refractivity contribution in [2.45, 2.75) is 62.8 Å². The number of hydrogen-bond donors (Lipinski definition) is 1. The zero-order valence-electron chi connectivity index (χ0n) is 12.7. The van der Waals surface area contributed by atoms with E-state index in [0.717, 1.165) is 18.9 Å². The molecule has 0 amide bonds. The van der Waals surface area contributed by atoms with E-state index in [0.29, 0.717) is 18.9 Å². The monoisotopic (exact) mass is 353 g/mol. The molecule has 3 atom stereocenters. The van der Waals surface area contributed by atoms with Gasteiger partial charge in [0.15, 0.2) is 0 Å². The first-order valence-electron chi connectivity index (χ1n) is 7.77. The Kier molecular flexibility index (Phi) is 4.32. The Bertz CT molecular complexity index is 598. The van der Waals surface area contributed by atoms with Crippen molar-refractivity contribution < 1.29 is 31.4 Å². The molecule has 0 radical (unpaired) electrons. The molecule has 2 aliphatic rings.